The van der Waals surface area contributed by atoms with Gasteiger partial charge in [-0.05, 0) is 54.7 Å². The minimum Gasteiger partial charge on any atom is -0.336 e. The molecule has 0 bridgehead atoms. The molecule has 8 heteroatoms. The lowest BCUT2D eigenvalue weighted by Gasteiger charge is -2.21. The molecule has 0 aliphatic carbocycles. The summed E-state index contributed by atoms with van der Waals surface area (Å²) in [5.74, 6) is -1.36. The predicted octanol–water partition coefficient (Wildman–Crippen LogP) is 4.77. The van der Waals surface area contributed by atoms with Crippen molar-refractivity contribution in [3.63, 3.8) is 0 Å². The van der Waals surface area contributed by atoms with Crippen LogP contribution in [-0.2, 0) is 0 Å². The Morgan fingerprint density at radius 1 is 1.15 bits per heavy atom. The van der Waals surface area contributed by atoms with E-state index in [1.54, 1.807) is 23.1 Å². The first-order chi connectivity index (χ1) is 16.3. The highest BCUT2D eigenvalue weighted by atomic mass is 19.1. The number of amides is 1. The van der Waals surface area contributed by atoms with Crippen molar-refractivity contribution in [3.05, 3.63) is 70.9 Å². The maximum Gasteiger partial charge on any atom is 0.274 e. The SMILES string of the molecule is CC(C)c1ccc(-n2nc(C(=O)N3CCCC[C@@H](N)C3)cc2-c2ccc(C#N)c(F)c2)c(F)c1. The van der Waals surface area contributed by atoms with Crippen LogP contribution in [0.5, 0.6) is 0 Å². The molecule has 1 saturated heterocycles. The van der Waals surface area contributed by atoms with Gasteiger partial charge >= 0.3 is 0 Å². The van der Waals surface area contributed by atoms with Crippen LogP contribution in [0, 0.1) is 23.0 Å². The Labute approximate surface area is 197 Å². The number of benzene rings is 2. The van der Waals surface area contributed by atoms with E-state index in [9.17, 15) is 9.18 Å². The minimum absolute atomic E-state index is 0.0999. The van der Waals surface area contributed by atoms with E-state index in [1.807, 2.05) is 19.9 Å². The average Bonchev–Trinajstić information content (AvgIpc) is 3.13. The van der Waals surface area contributed by atoms with Crippen LogP contribution in [0.2, 0.25) is 0 Å². The summed E-state index contributed by atoms with van der Waals surface area (Å²) in [5.41, 5.74) is 7.85. The first-order valence-corrected chi connectivity index (χ1v) is 11.4. The Bertz CT molecular complexity index is 1260. The highest BCUT2D eigenvalue weighted by Gasteiger charge is 2.26. The van der Waals surface area contributed by atoms with Crippen LogP contribution >= 0.6 is 0 Å². The summed E-state index contributed by atoms with van der Waals surface area (Å²) >= 11 is 0. The third-order valence-corrected chi connectivity index (χ3v) is 6.18. The van der Waals surface area contributed by atoms with Crippen LogP contribution in [-0.4, -0.2) is 39.7 Å². The Morgan fingerprint density at radius 2 is 1.94 bits per heavy atom. The van der Waals surface area contributed by atoms with Gasteiger partial charge in [0.15, 0.2) is 5.69 Å². The molecule has 2 aromatic carbocycles. The van der Waals surface area contributed by atoms with Crippen LogP contribution in [0.25, 0.3) is 16.9 Å². The van der Waals surface area contributed by atoms with Gasteiger partial charge in [0.25, 0.3) is 5.91 Å². The van der Waals surface area contributed by atoms with E-state index >= 15 is 4.39 Å². The molecule has 1 aromatic heterocycles. The maximum absolute atomic E-state index is 15.2. The average molecular weight is 464 g/mol. The molecule has 1 fully saturated rings. The number of halogens is 2. The molecule has 1 aliphatic rings. The van der Waals surface area contributed by atoms with Crippen LogP contribution in [0.4, 0.5) is 8.78 Å². The number of carbonyl (C=O) groups is 1. The van der Waals surface area contributed by atoms with E-state index in [0.29, 0.717) is 24.3 Å². The zero-order valence-electron chi connectivity index (χ0n) is 19.3. The van der Waals surface area contributed by atoms with Gasteiger partial charge in [-0.25, -0.2) is 13.5 Å². The lowest BCUT2D eigenvalue weighted by Crippen LogP contribution is -2.39. The van der Waals surface area contributed by atoms with Gasteiger partial charge < -0.3 is 10.6 Å². The number of nitrogens with zero attached hydrogens (tertiary/aromatic N) is 4. The first-order valence-electron chi connectivity index (χ1n) is 11.4. The number of likely N-dealkylation sites (tertiary alicyclic amines) is 1. The Balaban J connectivity index is 1.82. The van der Waals surface area contributed by atoms with Crippen LogP contribution in [0.1, 0.15) is 60.6 Å². The third kappa shape index (κ3) is 4.70. The molecule has 34 heavy (non-hydrogen) atoms. The van der Waals surface area contributed by atoms with Gasteiger partial charge in [-0.3, -0.25) is 4.79 Å². The molecule has 1 amide bonds. The van der Waals surface area contributed by atoms with E-state index in [1.165, 1.54) is 28.9 Å². The van der Waals surface area contributed by atoms with E-state index in [0.717, 1.165) is 24.8 Å². The van der Waals surface area contributed by atoms with Crippen molar-refractivity contribution in [2.45, 2.75) is 45.1 Å². The Morgan fingerprint density at radius 3 is 2.62 bits per heavy atom. The second-order valence-electron chi connectivity index (χ2n) is 9.01. The van der Waals surface area contributed by atoms with Crippen molar-refractivity contribution in [2.75, 3.05) is 13.1 Å². The van der Waals surface area contributed by atoms with Crippen molar-refractivity contribution in [2.24, 2.45) is 5.73 Å². The van der Waals surface area contributed by atoms with Crippen molar-refractivity contribution in [3.8, 4) is 23.0 Å². The number of rotatable bonds is 4. The van der Waals surface area contributed by atoms with Crippen LogP contribution < -0.4 is 5.73 Å². The standard InChI is InChI=1S/C26H27F2N5O/c1-16(2)17-8-9-24(22(28)11-17)33-25(18-6-7-19(14-29)21(27)12-18)13-23(31-33)26(34)32-10-4-3-5-20(30)15-32/h6-9,11-13,16,20H,3-5,10,15,30H2,1-2H3/t20-/m1/s1. The molecule has 3 aromatic rings. The predicted molar refractivity (Wildman–Crippen MR) is 125 cm³/mol. The van der Waals surface area contributed by atoms with Crippen LogP contribution in [0.3, 0.4) is 0 Å². The largest absolute Gasteiger partial charge is 0.336 e. The number of nitriles is 1. The molecule has 1 atom stereocenters. The summed E-state index contributed by atoms with van der Waals surface area (Å²) in [6.45, 7) is 4.92. The summed E-state index contributed by atoms with van der Waals surface area (Å²) in [6.07, 6.45) is 2.64. The second kappa shape index (κ2) is 9.74. The monoisotopic (exact) mass is 463 g/mol. The first kappa shape index (κ1) is 23.6. The van der Waals surface area contributed by atoms with E-state index < -0.39 is 11.6 Å². The summed E-state index contributed by atoms with van der Waals surface area (Å²) in [7, 11) is 0. The van der Waals surface area contributed by atoms with Gasteiger partial charge in [0, 0.05) is 24.7 Å². The number of nitrogens with two attached hydrogens (primary N) is 1. The summed E-state index contributed by atoms with van der Waals surface area (Å²) in [4.78, 5) is 15.0. The quantitative estimate of drug-likeness (QED) is 0.604. The molecule has 0 saturated carbocycles. The van der Waals surface area contributed by atoms with Gasteiger partial charge in [-0.1, -0.05) is 32.4 Å². The minimum atomic E-state index is -0.699. The molecule has 1 aliphatic heterocycles. The number of hydrogen-bond donors (Lipinski definition) is 1. The van der Waals surface area contributed by atoms with E-state index in [-0.39, 0.29) is 34.8 Å². The van der Waals surface area contributed by atoms with Crippen molar-refractivity contribution >= 4 is 5.91 Å². The second-order valence-corrected chi connectivity index (χ2v) is 9.01. The number of carbonyl (C=O) groups excluding carboxylic acids is 1. The normalized spacial score (nSPS) is 16.4. The van der Waals surface area contributed by atoms with E-state index in [4.69, 9.17) is 11.0 Å². The maximum atomic E-state index is 15.2. The topological polar surface area (TPSA) is 87.9 Å². The molecule has 0 spiro atoms. The molecule has 0 radical (unpaired) electrons. The van der Waals surface area contributed by atoms with Crippen molar-refractivity contribution < 1.29 is 13.6 Å². The lowest BCUT2D eigenvalue weighted by atomic mass is 10.0. The number of aromatic nitrogens is 2. The highest BCUT2D eigenvalue weighted by molar-refractivity contribution is 5.93. The molecule has 2 heterocycles. The fraction of sp³-hybridized carbons (Fsp3) is 0.346. The molecular formula is C26H27F2N5O. The lowest BCUT2D eigenvalue weighted by molar-refractivity contribution is 0.0748. The third-order valence-electron chi connectivity index (χ3n) is 6.18. The van der Waals surface area contributed by atoms with Gasteiger partial charge in [-0.15, -0.1) is 0 Å². The van der Waals surface area contributed by atoms with Crippen molar-refractivity contribution in [1.29, 1.82) is 5.26 Å². The Kier molecular flexibility index (Phi) is 6.75. The molecule has 4 rings (SSSR count). The molecular weight excluding hydrogens is 436 g/mol. The zero-order valence-corrected chi connectivity index (χ0v) is 19.3. The summed E-state index contributed by atoms with van der Waals surface area (Å²) in [6, 6.07) is 12.2. The molecule has 176 valence electrons. The fourth-order valence-electron chi connectivity index (χ4n) is 4.22. The molecule has 6 nitrogen and oxygen atoms in total. The van der Waals surface area contributed by atoms with Crippen molar-refractivity contribution in [1.82, 2.24) is 14.7 Å². The highest BCUT2D eigenvalue weighted by Crippen LogP contribution is 2.29. The van der Waals surface area contributed by atoms with Gasteiger partial charge in [0.2, 0.25) is 0 Å². The van der Waals surface area contributed by atoms with Crippen LogP contribution in [0.15, 0.2) is 42.5 Å². The summed E-state index contributed by atoms with van der Waals surface area (Å²) < 4.78 is 30.9. The fourth-order valence-corrected chi connectivity index (χ4v) is 4.22. The van der Waals surface area contributed by atoms with Gasteiger partial charge in [0.05, 0.1) is 11.3 Å². The Hall–Kier alpha value is -3.57. The zero-order chi connectivity index (χ0) is 24.4. The van der Waals surface area contributed by atoms with E-state index in [2.05, 4.69) is 5.10 Å². The summed E-state index contributed by atoms with van der Waals surface area (Å²) in [5, 5.41) is 13.5. The molecule has 0 unspecified atom stereocenters. The van der Waals surface area contributed by atoms with Gasteiger partial charge in [-0.2, -0.15) is 10.4 Å². The smallest absolute Gasteiger partial charge is 0.274 e. The number of hydrogen-bond acceptors (Lipinski definition) is 4. The van der Waals surface area contributed by atoms with Gasteiger partial charge in [0.1, 0.15) is 23.4 Å². The molecule has 2 N–H and O–H groups in total.